The summed E-state index contributed by atoms with van der Waals surface area (Å²) >= 11 is 0. The summed E-state index contributed by atoms with van der Waals surface area (Å²) in [7, 11) is -0.461. The molecule has 0 spiro atoms. The Balaban J connectivity index is 2.47. The van der Waals surface area contributed by atoms with E-state index in [0.29, 0.717) is 5.56 Å². The molecule has 2 aromatic rings. The molecule has 0 aliphatic heterocycles. The first-order valence-corrected chi connectivity index (χ1v) is 10.7. The largest absolute Gasteiger partial charge is 0.502 e. The number of anilines is 1. The molecule has 0 saturated heterocycles. The van der Waals surface area contributed by atoms with Crippen LogP contribution in [0.25, 0.3) is 0 Å². The van der Waals surface area contributed by atoms with Crippen molar-refractivity contribution >= 4 is 13.3 Å². The first-order chi connectivity index (χ1) is 13.5. The number of nitrogens with one attached hydrogen (secondary N) is 1. The average Bonchev–Trinajstić information content (AvgIpc) is 2.69. The Bertz CT molecular complexity index is 767. The van der Waals surface area contributed by atoms with Crippen molar-refractivity contribution in [1.29, 1.82) is 0 Å². The molecule has 28 heavy (non-hydrogen) atoms. The number of aromatic hydroxyl groups is 1. The number of pyridine rings is 1. The number of aromatic nitrogens is 1. The number of ether oxygens (including phenoxy) is 2. The topological polar surface area (TPSA) is 99.1 Å². The molecule has 8 nitrogen and oxygen atoms in total. The summed E-state index contributed by atoms with van der Waals surface area (Å²) in [5.41, 5.74) is 1.42. The fourth-order valence-corrected chi connectivity index (χ4v) is 4.58. The Morgan fingerprint density at radius 2 is 1.75 bits per heavy atom. The average molecular weight is 410 g/mol. The molecule has 0 saturated carbocycles. The lowest BCUT2D eigenvalue weighted by atomic mass is 10.1. The lowest BCUT2D eigenvalue weighted by Gasteiger charge is -2.26. The van der Waals surface area contributed by atoms with E-state index in [2.05, 4.69) is 10.3 Å². The first-order valence-electron chi connectivity index (χ1n) is 8.95. The zero-order chi connectivity index (χ0) is 20.6. The second-order valence-corrected chi connectivity index (χ2v) is 7.95. The van der Waals surface area contributed by atoms with Gasteiger partial charge in [-0.15, -0.1) is 0 Å². The summed E-state index contributed by atoms with van der Waals surface area (Å²) in [5.74, 6) is 0.386. The third-order valence-electron chi connectivity index (χ3n) is 3.96. The van der Waals surface area contributed by atoms with Crippen LogP contribution in [0.3, 0.4) is 0 Å². The lowest BCUT2D eigenvalue weighted by molar-refractivity contribution is 0.219. The van der Waals surface area contributed by atoms with Gasteiger partial charge in [0.1, 0.15) is 0 Å². The molecule has 1 atom stereocenters. The molecule has 1 unspecified atom stereocenters. The van der Waals surface area contributed by atoms with Crippen LogP contribution in [0.5, 0.6) is 17.2 Å². The summed E-state index contributed by atoms with van der Waals surface area (Å²) in [4.78, 5) is 4.10. The third kappa shape index (κ3) is 5.61. The molecule has 0 aliphatic carbocycles. The van der Waals surface area contributed by atoms with Crippen molar-refractivity contribution in [3.8, 4) is 17.2 Å². The molecule has 0 radical (unpaired) electrons. The van der Waals surface area contributed by atoms with Gasteiger partial charge in [-0.05, 0) is 43.7 Å². The molecular formula is C19H27N2O6P. The summed E-state index contributed by atoms with van der Waals surface area (Å²) in [6.45, 7) is 4.06. The van der Waals surface area contributed by atoms with Crippen LogP contribution in [0.4, 0.5) is 5.69 Å². The van der Waals surface area contributed by atoms with Crippen molar-refractivity contribution < 1.29 is 28.2 Å². The fourth-order valence-electron chi connectivity index (χ4n) is 2.76. The second kappa shape index (κ2) is 10.3. The van der Waals surface area contributed by atoms with Crippen LogP contribution in [0.2, 0.25) is 0 Å². The highest BCUT2D eigenvalue weighted by Gasteiger charge is 2.30. The second-order valence-electron chi connectivity index (χ2n) is 5.84. The van der Waals surface area contributed by atoms with Crippen LogP contribution in [0.1, 0.15) is 25.5 Å². The Morgan fingerprint density at radius 1 is 1.14 bits per heavy atom. The molecule has 1 heterocycles. The minimum absolute atomic E-state index is 0.0701. The monoisotopic (exact) mass is 410 g/mol. The van der Waals surface area contributed by atoms with Gasteiger partial charge in [-0.25, -0.2) is 0 Å². The number of nitrogens with zero attached hydrogens (tertiary/aromatic N) is 1. The van der Waals surface area contributed by atoms with Gasteiger partial charge >= 0.3 is 7.60 Å². The number of phenolic OH excluding ortho intramolecular Hbond substituents is 1. The molecule has 0 fully saturated rings. The number of benzene rings is 1. The molecule has 0 aliphatic rings. The molecule has 154 valence electrons. The van der Waals surface area contributed by atoms with Gasteiger partial charge in [-0.1, -0.05) is 0 Å². The Kier molecular flexibility index (Phi) is 8.11. The summed E-state index contributed by atoms with van der Waals surface area (Å²) in [5, 5.41) is 13.5. The molecule has 2 rings (SSSR count). The van der Waals surface area contributed by atoms with Crippen molar-refractivity contribution in [1.82, 2.24) is 4.98 Å². The van der Waals surface area contributed by atoms with Gasteiger partial charge in [0.15, 0.2) is 11.5 Å². The van der Waals surface area contributed by atoms with Crippen LogP contribution in [-0.2, 0) is 13.6 Å². The van der Waals surface area contributed by atoms with E-state index in [-0.39, 0.29) is 36.6 Å². The van der Waals surface area contributed by atoms with Gasteiger partial charge in [0.2, 0.25) is 5.75 Å². The van der Waals surface area contributed by atoms with E-state index in [0.717, 1.165) is 5.69 Å². The van der Waals surface area contributed by atoms with Crippen LogP contribution in [-0.4, -0.2) is 43.7 Å². The molecule has 9 heteroatoms. The minimum Gasteiger partial charge on any atom is -0.502 e. The lowest BCUT2D eigenvalue weighted by Crippen LogP contribution is -2.18. The summed E-state index contributed by atoms with van der Waals surface area (Å²) in [6.07, 6.45) is 3.40. The fraction of sp³-hybridized carbons (Fsp3) is 0.421. The normalized spacial score (nSPS) is 12.4. The highest BCUT2D eigenvalue weighted by molar-refractivity contribution is 7.53. The zero-order valence-electron chi connectivity index (χ0n) is 16.5. The highest BCUT2D eigenvalue weighted by atomic mass is 31.2. The predicted octanol–water partition coefficient (Wildman–Crippen LogP) is 4.22. The number of hydrogen-bond acceptors (Lipinski definition) is 8. The number of rotatable bonds is 11. The van der Waals surface area contributed by atoms with Gasteiger partial charge in [-0.2, -0.15) is 0 Å². The van der Waals surface area contributed by atoms with Gasteiger partial charge in [0.25, 0.3) is 0 Å². The maximum atomic E-state index is 13.2. The van der Waals surface area contributed by atoms with Crippen molar-refractivity contribution in [2.24, 2.45) is 0 Å². The van der Waals surface area contributed by atoms with Crippen molar-refractivity contribution in [2.75, 3.05) is 38.9 Å². The minimum atomic E-state index is -3.36. The summed E-state index contributed by atoms with van der Waals surface area (Å²) in [6, 6.07) is 6.49. The van der Waals surface area contributed by atoms with Gasteiger partial charge in [0.05, 0.1) is 45.3 Å². The standard InChI is InChI=1S/C19H27N2O6P/c1-5-26-28(23,27-6-2)13-16(21-15-8-7-9-20-12-15)14-10-17(24-3)19(22)18(11-14)25-4/h7-12,16,21-22H,5-6,13H2,1-4H3. The van der Waals surface area contributed by atoms with Crippen LogP contribution in [0.15, 0.2) is 36.7 Å². The zero-order valence-corrected chi connectivity index (χ0v) is 17.4. The molecule has 0 bridgehead atoms. The maximum absolute atomic E-state index is 13.2. The predicted molar refractivity (Wildman–Crippen MR) is 108 cm³/mol. The van der Waals surface area contributed by atoms with Gasteiger partial charge in [-0.3, -0.25) is 9.55 Å². The van der Waals surface area contributed by atoms with E-state index in [1.54, 1.807) is 44.4 Å². The van der Waals surface area contributed by atoms with E-state index in [9.17, 15) is 9.67 Å². The Labute approximate surface area is 165 Å². The van der Waals surface area contributed by atoms with Crippen molar-refractivity contribution in [3.05, 3.63) is 42.2 Å². The van der Waals surface area contributed by atoms with E-state index in [1.165, 1.54) is 14.2 Å². The highest BCUT2D eigenvalue weighted by Crippen LogP contribution is 2.52. The Morgan fingerprint density at radius 3 is 2.21 bits per heavy atom. The molecule has 2 N–H and O–H groups in total. The van der Waals surface area contributed by atoms with E-state index in [1.807, 2.05) is 6.07 Å². The molecule has 1 aromatic heterocycles. The van der Waals surface area contributed by atoms with E-state index >= 15 is 0 Å². The number of methoxy groups -OCH3 is 2. The van der Waals surface area contributed by atoms with Crippen molar-refractivity contribution in [3.63, 3.8) is 0 Å². The smallest absolute Gasteiger partial charge is 0.333 e. The quantitative estimate of drug-likeness (QED) is 0.531. The molecule has 1 aromatic carbocycles. The van der Waals surface area contributed by atoms with Crippen LogP contribution >= 0.6 is 7.60 Å². The van der Waals surface area contributed by atoms with Crippen LogP contribution in [0, 0.1) is 0 Å². The maximum Gasteiger partial charge on any atom is 0.333 e. The Hall–Kier alpha value is -2.28. The van der Waals surface area contributed by atoms with E-state index < -0.39 is 13.6 Å². The SMILES string of the molecule is CCOP(=O)(CC(Nc1cccnc1)c1cc(OC)c(O)c(OC)c1)OCC. The molecular weight excluding hydrogens is 383 g/mol. The molecule has 0 amide bonds. The number of phenols is 1. The first kappa shape index (κ1) is 22.0. The summed E-state index contributed by atoms with van der Waals surface area (Å²) < 4.78 is 34.6. The number of hydrogen-bond donors (Lipinski definition) is 2. The third-order valence-corrected chi connectivity index (χ3v) is 6.08. The van der Waals surface area contributed by atoms with Gasteiger partial charge in [0, 0.05) is 12.4 Å². The van der Waals surface area contributed by atoms with E-state index in [4.69, 9.17) is 18.5 Å². The van der Waals surface area contributed by atoms with Gasteiger partial charge < -0.3 is 28.9 Å². The van der Waals surface area contributed by atoms with Crippen LogP contribution < -0.4 is 14.8 Å². The van der Waals surface area contributed by atoms with Crippen molar-refractivity contribution in [2.45, 2.75) is 19.9 Å².